The first kappa shape index (κ1) is 21.7. The molecular formula is C23H25N5O4S. The summed E-state index contributed by atoms with van der Waals surface area (Å²) in [5, 5.41) is 27.5. The molecule has 0 amide bonds. The van der Waals surface area contributed by atoms with Crippen LogP contribution < -0.4 is 10.9 Å². The van der Waals surface area contributed by atoms with Crippen molar-refractivity contribution in [3.8, 4) is 6.07 Å². The fraction of sp³-hybridized carbons (Fsp3) is 0.435. The average Bonchev–Trinajstić information content (AvgIpc) is 3.50. The van der Waals surface area contributed by atoms with E-state index in [1.165, 1.54) is 6.20 Å². The Morgan fingerprint density at radius 3 is 2.82 bits per heavy atom. The summed E-state index contributed by atoms with van der Waals surface area (Å²) in [7, 11) is -3.40. The molecule has 9 nitrogen and oxygen atoms in total. The minimum absolute atomic E-state index is 0.189. The second-order valence-corrected chi connectivity index (χ2v) is 12.0. The molecule has 1 aliphatic carbocycles. The Morgan fingerprint density at radius 2 is 2.15 bits per heavy atom. The minimum Gasteiger partial charge on any atom is -0.392 e. The van der Waals surface area contributed by atoms with Crippen LogP contribution in [0, 0.1) is 17.2 Å². The van der Waals surface area contributed by atoms with Gasteiger partial charge in [-0.05, 0) is 62.8 Å². The van der Waals surface area contributed by atoms with Gasteiger partial charge in [0.2, 0.25) is 0 Å². The van der Waals surface area contributed by atoms with Crippen molar-refractivity contribution in [3.63, 3.8) is 0 Å². The number of hydrogen-bond acceptors (Lipinski definition) is 7. The number of nitrogens with one attached hydrogen (secondary N) is 2. The van der Waals surface area contributed by atoms with Gasteiger partial charge in [-0.25, -0.2) is 8.42 Å². The van der Waals surface area contributed by atoms with Crippen molar-refractivity contribution in [3.05, 3.63) is 45.9 Å². The summed E-state index contributed by atoms with van der Waals surface area (Å²) in [4.78, 5) is 15.8. The van der Waals surface area contributed by atoms with Crippen molar-refractivity contribution in [1.82, 2.24) is 14.8 Å². The number of aromatic nitrogens is 3. The number of pyridine rings is 1. The van der Waals surface area contributed by atoms with Crippen LogP contribution in [0.3, 0.4) is 0 Å². The molecular weight excluding hydrogens is 442 g/mol. The zero-order chi connectivity index (χ0) is 23.5. The highest BCUT2D eigenvalue weighted by molar-refractivity contribution is 7.93. The number of aromatic amines is 1. The second-order valence-electron chi connectivity index (χ2n) is 9.47. The Bertz CT molecular complexity index is 1470. The van der Waals surface area contributed by atoms with Crippen LogP contribution in [-0.4, -0.2) is 33.0 Å². The van der Waals surface area contributed by atoms with E-state index in [2.05, 4.69) is 16.4 Å². The lowest BCUT2D eigenvalue weighted by Gasteiger charge is -2.15. The molecule has 2 aliphatic rings. The molecule has 1 saturated carbocycles. The Hall–Kier alpha value is -3.16. The number of hydrogen-bond donors (Lipinski definition) is 3. The lowest BCUT2D eigenvalue weighted by molar-refractivity contribution is 0.281. The molecule has 1 aromatic carbocycles. The maximum atomic E-state index is 12.8. The second kappa shape index (κ2) is 7.43. The molecule has 3 N–H and O–H groups in total. The quantitative estimate of drug-likeness (QED) is 0.506. The van der Waals surface area contributed by atoms with Gasteiger partial charge in [0.25, 0.3) is 5.56 Å². The van der Waals surface area contributed by atoms with E-state index in [0.717, 1.165) is 18.4 Å². The third kappa shape index (κ3) is 3.34. The van der Waals surface area contributed by atoms with Crippen LogP contribution >= 0.6 is 0 Å². The Labute approximate surface area is 191 Å². The summed E-state index contributed by atoms with van der Waals surface area (Å²) in [5.41, 5.74) is 2.02. The first-order valence-corrected chi connectivity index (χ1v) is 12.4. The molecule has 0 unspecified atom stereocenters. The van der Waals surface area contributed by atoms with Gasteiger partial charge in [0, 0.05) is 17.4 Å². The number of rotatable bonds is 6. The normalized spacial score (nSPS) is 19.2. The van der Waals surface area contributed by atoms with Crippen LogP contribution in [0.15, 0.2) is 34.1 Å². The van der Waals surface area contributed by atoms with E-state index in [4.69, 9.17) is 5.10 Å². The van der Waals surface area contributed by atoms with Crippen LogP contribution in [0.25, 0.3) is 10.9 Å². The van der Waals surface area contributed by atoms with E-state index in [1.807, 2.05) is 0 Å². The van der Waals surface area contributed by atoms with E-state index in [-0.39, 0.29) is 24.6 Å². The summed E-state index contributed by atoms with van der Waals surface area (Å²) < 4.78 is 26.3. The van der Waals surface area contributed by atoms with Gasteiger partial charge in [-0.3, -0.25) is 9.48 Å². The molecule has 1 atom stereocenters. The van der Waals surface area contributed by atoms with Crippen LogP contribution in [0.4, 0.5) is 11.5 Å². The maximum absolute atomic E-state index is 12.8. The van der Waals surface area contributed by atoms with Crippen molar-refractivity contribution in [2.75, 3.05) is 5.32 Å². The largest absolute Gasteiger partial charge is 0.392 e. The maximum Gasteiger partial charge on any atom is 0.261 e. The predicted octanol–water partition coefficient (Wildman–Crippen LogP) is 2.93. The van der Waals surface area contributed by atoms with E-state index in [0.29, 0.717) is 45.2 Å². The van der Waals surface area contributed by atoms with Gasteiger partial charge in [-0.1, -0.05) is 0 Å². The Balaban J connectivity index is 1.63. The van der Waals surface area contributed by atoms with Gasteiger partial charge in [0.15, 0.2) is 15.7 Å². The molecule has 1 aliphatic heterocycles. The average molecular weight is 468 g/mol. The number of H-pyrrole nitrogens is 1. The summed E-state index contributed by atoms with van der Waals surface area (Å²) in [6.45, 7) is 3.15. The van der Waals surface area contributed by atoms with Crippen LogP contribution in [0.5, 0.6) is 0 Å². The van der Waals surface area contributed by atoms with Crippen molar-refractivity contribution in [1.29, 1.82) is 5.26 Å². The zero-order valence-corrected chi connectivity index (χ0v) is 19.2. The molecule has 33 heavy (non-hydrogen) atoms. The monoisotopic (exact) mass is 467 g/mol. The number of fused-ring (bicyclic) bond motifs is 2. The van der Waals surface area contributed by atoms with Crippen LogP contribution in [-0.2, 0) is 22.9 Å². The number of nitriles is 1. The molecule has 3 heterocycles. The molecule has 0 radical (unpaired) electrons. The number of sulfone groups is 1. The van der Waals surface area contributed by atoms with Gasteiger partial charge < -0.3 is 15.4 Å². The van der Waals surface area contributed by atoms with Crippen LogP contribution in [0.1, 0.15) is 50.3 Å². The van der Waals surface area contributed by atoms with Gasteiger partial charge >= 0.3 is 0 Å². The molecule has 0 spiro atoms. The SMILES string of the molecule is CC1(C)Cc2cc(Nc3nn([C@@H](CC#N)C4CC4)c4c(CO)c[nH]c(=O)c34)ccc2S1(=O)=O. The fourth-order valence-electron chi connectivity index (χ4n) is 4.77. The van der Waals surface area contributed by atoms with E-state index >= 15 is 0 Å². The van der Waals surface area contributed by atoms with Crippen molar-refractivity contribution in [2.24, 2.45) is 5.92 Å². The molecule has 2 aromatic heterocycles. The first-order chi connectivity index (χ1) is 15.7. The summed E-state index contributed by atoms with van der Waals surface area (Å²) in [6.07, 6.45) is 4.11. The topological polar surface area (TPSA) is 141 Å². The fourth-order valence-corrected chi connectivity index (χ4v) is 6.44. The van der Waals surface area contributed by atoms with Crippen molar-refractivity contribution < 1.29 is 13.5 Å². The highest BCUT2D eigenvalue weighted by Gasteiger charge is 2.43. The van der Waals surface area contributed by atoms with Crippen LogP contribution in [0.2, 0.25) is 0 Å². The smallest absolute Gasteiger partial charge is 0.261 e. The van der Waals surface area contributed by atoms with E-state index in [9.17, 15) is 23.6 Å². The Morgan fingerprint density at radius 1 is 1.39 bits per heavy atom. The molecule has 3 aromatic rings. The third-order valence-corrected chi connectivity index (χ3v) is 9.30. The van der Waals surface area contributed by atoms with E-state index in [1.54, 1.807) is 36.7 Å². The highest BCUT2D eigenvalue weighted by Crippen LogP contribution is 2.44. The molecule has 0 bridgehead atoms. The molecule has 172 valence electrons. The zero-order valence-electron chi connectivity index (χ0n) is 18.4. The number of aliphatic hydroxyl groups excluding tert-OH is 1. The highest BCUT2D eigenvalue weighted by atomic mass is 32.2. The molecule has 5 rings (SSSR count). The molecule has 10 heteroatoms. The number of anilines is 2. The summed E-state index contributed by atoms with van der Waals surface area (Å²) in [6, 6.07) is 7.07. The summed E-state index contributed by atoms with van der Waals surface area (Å²) >= 11 is 0. The summed E-state index contributed by atoms with van der Waals surface area (Å²) in [5.74, 6) is 0.615. The minimum atomic E-state index is -3.40. The van der Waals surface area contributed by atoms with Crippen molar-refractivity contribution in [2.45, 2.75) is 61.8 Å². The van der Waals surface area contributed by atoms with Gasteiger partial charge in [-0.2, -0.15) is 10.4 Å². The number of aliphatic hydroxyl groups is 1. The van der Waals surface area contributed by atoms with Crippen molar-refractivity contribution >= 4 is 32.2 Å². The lowest BCUT2D eigenvalue weighted by atomic mass is 10.0. The lowest BCUT2D eigenvalue weighted by Crippen LogP contribution is -2.27. The number of benzene rings is 1. The Kier molecular flexibility index (Phi) is 4.88. The predicted molar refractivity (Wildman–Crippen MR) is 123 cm³/mol. The first-order valence-electron chi connectivity index (χ1n) is 10.9. The van der Waals surface area contributed by atoms with E-state index < -0.39 is 14.6 Å². The van der Waals surface area contributed by atoms with Gasteiger partial charge in [-0.15, -0.1) is 0 Å². The molecule has 1 fully saturated rings. The van der Waals surface area contributed by atoms with Gasteiger partial charge in [0.1, 0.15) is 5.39 Å². The molecule has 0 saturated heterocycles. The number of nitrogens with zero attached hydrogens (tertiary/aromatic N) is 3. The third-order valence-electron chi connectivity index (χ3n) is 6.73. The van der Waals surface area contributed by atoms with Gasteiger partial charge in [0.05, 0.1) is 40.3 Å². The standard InChI is InChI=1S/C23H25N5O4S/c1-23(2)10-14-9-16(5-6-18(14)33(23,31)32)26-21-19-20(15(12-29)11-25-22(19)30)28(27-21)17(7-8-24)13-3-4-13/h5-6,9,11,13,17,29H,3-4,7,10,12H2,1-2H3,(H,25,30)(H,26,27)/t17-/m0/s1.